The molecule has 0 aliphatic carbocycles. The standard InChI is InChI=1S/C24H17ClN2O5/c25-19-10-14(11-20-22(19)32-9-8-31-20)12-21(28)26-15-4-3-5-16(13-15)27-23(29)17-6-1-2-7-18(17)24(27)30/h1-7,10-11,13H,8-9,12H2,(H,26,28). The van der Waals surface area contributed by atoms with Gasteiger partial charge in [-0.3, -0.25) is 14.4 Å². The molecule has 2 aliphatic rings. The van der Waals surface area contributed by atoms with Crippen molar-refractivity contribution in [1.29, 1.82) is 0 Å². The normalized spacial score (nSPS) is 14.3. The highest BCUT2D eigenvalue weighted by Crippen LogP contribution is 2.38. The largest absolute Gasteiger partial charge is 0.486 e. The van der Waals surface area contributed by atoms with Crippen molar-refractivity contribution in [3.8, 4) is 11.5 Å². The van der Waals surface area contributed by atoms with Gasteiger partial charge in [0.25, 0.3) is 11.8 Å². The van der Waals surface area contributed by atoms with E-state index < -0.39 is 0 Å². The number of nitrogens with zero attached hydrogens (tertiary/aromatic N) is 1. The lowest BCUT2D eigenvalue weighted by molar-refractivity contribution is -0.115. The second kappa shape index (κ2) is 8.01. The number of carbonyl (C=O) groups is 3. The molecule has 3 aromatic rings. The second-order valence-corrected chi connectivity index (χ2v) is 7.78. The van der Waals surface area contributed by atoms with E-state index in [4.69, 9.17) is 21.1 Å². The van der Waals surface area contributed by atoms with Gasteiger partial charge in [0.2, 0.25) is 5.91 Å². The van der Waals surface area contributed by atoms with E-state index in [1.54, 1.807) is 60.7 Å². The van der Waals surface area contributed by atoms with Gasteiger partial charge in [-0.15, -0.1) is 0 Å². The SMILES string of the molecule is O=C(Cc1cc(Cl)c2c(c1)OCCO2)Nc1cccc(N2C(=O)c3ccccc3C2=O)c1. The van der Waals surface area contributed by atoms with Gasteiger partial charge >= 0.3 is 0 Å². The number of ether oxygens (including phenoxy) is 2. The fraction of sp³-hybridized carbons (Fsp3) is 0.125. The van der Waals surface area contributed by atoms with Gasteiger partial charge in [0.05, 0.1) is 28.3 Å². The number of fused-ring (bicyclic) bond motifs is 2. The van der Waals surface area contributed by atoms with E-state index in [9.17, 15) is 14.4 Å². The summed E-state index contributed by atoms with van der Waals surface area (Å²) < 4.78 is 11.0. The first kappa shape index (κ1) is 20.1. The number of hydrogen-bond acceptors (Lipinski definition) is 5. The molecule has 5 rings (SSSR count). The van der Waals surface area contributed by atoms with Crippen LogP contribution >= 0.6 is 11.6 Å². The molecule has 32 heavy (non-hydrogen) atoms. The second-order valence-electron chi connectivity index (χ2n) is 7.37. The smallest absolute Gasteiger partial charge is 0.266 e. The zero-order valence-electron chi connectivity index (χ0n) is 16.8. The van der Waals surface area contributed by atoms with Crippen LogP contribution in [-0.4, -0.2) is 30.9 Å². The van der Waals surface area contributed by atoms with Gasteiger partial charge < -0.3 is 14.8 Å². The molecule has 2 aliphatic heterocycles. The molecular formula is C24H17ClN2O5. The molecule has 0 spiro atoms. The number of carbonyl (C=O) groups excluding carboxylic acids is 3. The van der Waals surface area contributed by atoms with E-state index in [0.29, 0.717) is 57.8 Å². The molecule has 0 saturated carbocycles. The first-order valence-electron chi connectivity index (χ1n) is 9.97. The number of rotatable bonds is 4. The molecule has 8 heteroatoms. The molecule has 0 fully saturated rings. The van der Waals surface area contributed by atoms with Crippen LogP contribution in [0.1, 0.15) is 26.3 Å². The average molecular weight is 449 g/mol. The predicted molar refractivity (Wildman–Crippen MR) is 119 cm³/mol. The van der Waals surface area contributed by atoms with Crippen LogP contribution in [0.2, 0.25) is 5.02 Å². The summed E-state index contributed by atoms with van der Waals surface area (Å²) in [6.45, 7) is 0.847. The summed E-state index contributed by atoms with van der Waals surface area (Å²) in [6, 6.07) is 16.7. The van der Waals surface area contributed by atoms with E-state index in [1.807, 2.05) is 0 Å². The molecule has 0 radical (unpaired) electrons. The minimum atomic E-state index is -0.389. The van der Waals surface area contributed by atoms with E-state index in [0.717, 1.165) is 4.90 Å². The molecule has 0 bridgehead atoms. The minimum Gasteiger partial charge on any atom is -0.486 e. The fourth-order valence-corrected chi connectivity index (χ4v) is 4.09. The van der Waals surface area contributed by atoms with Gasteiger partial charge in [-0.25, -0.2) is 4.90 Å². The van der Waals surface area contributed by atoms with Crippen molar-refractivity contribution in [3.05, 3.63) is 82.4 Å². The van der Waals surface area contributed by atoms with Crippen LogP contribution in [0.15, 0.2) is 60.7 Å². The van der Waals surface area contributed by atoms with Crippen molar-refractivity contribution in [3.63, 3.8) is 0 Å². The highest BCUT2D eigenvalue weighted by atomic mass is 35.5. The molecule has 0 unspecified atom stereocenters. The van der Waals surface area contributed by atoms with Crippen LogP contribution in [0.25, 0.3) is 0 Å². The van der Waals surface area contributed by atoms with Gasteiger partial charge in [-0.2, -0.15) is 0 Å². The number of benzene rings is 3. The first-order valence-corrected chi connectivity index (χ1v) is 10.3. The molecule has 160 valence electrons. The van der Waals surface area contributed by atoms with Crippen LogP contribution in [0, 0.1) is 0 Å². The predicted octanol–water partition coefficient (Wildman–Crippen LogP) is 4.09. The van der Waals surface area contributed by atoms with Crippen molar-refractivity contribution in [2.75, 3.05) is 23.4 Å². The average Bonchev–Trinajstić information content (AvgIpc) is 3.04. The van der Waals surface area contributed by atoms with Crippen molar-refractivity contribution in [2.24, 2.45) is 0 Å². The Morgan fingerprint density at radius 1 is 0.938 bits per heavy atom. The molecule has 0 saturated heterocycles. The molecule has 7 nitrogen and oxygen atoms in total. The van der Waals surface area contributed by atoms with Gasteiger partial charge in [0.1, 0.15) is 13.2 Å². The summed E-state index contributed by atoms with van der Waals surface area (Å²) in [5.41, 5.74) is 2.25. The quantitative estimate of drug-likeness (QED) is 0.607. The Kier molecular flexibility index (Phi) is 5.03. The number of hydrogen-bond donors (Lipinski definition) is 1. The van der Waals surface area contributed by atoms with E-state index in [-0.39, 0.29) is 24.1 Å². The molecule has 3 aromatic carbocycles. The maximum atomic E-state index is 12.7. The number of halogens is 1. The highest BCUT2D eigenvalue weighted by Gasteiger charge is 2.36. The lowest BCUT2D eigenvalue weighted by Crippen LogP contribution is -2.29. The summed E-state index contributed by atoms with van der Waals surface area (Å²) in [4.78, 5) is 39.2. The summed E-state index contributed by atoms with van der Waals surface area (Å²) >= 11 is 6.24. The summed E-state index contributed by atoms with van der Waals surface area (Å²) in [5, 5.41) is 3.19. The van der Waals surface area contributed by atoms with Crippen LogP contribution in [0.5, 0.6) is 11.5 Å². The molecular weight excluding hydrogens is 432 g/mol. The Balaban J connectivity index is 1.33. The zero-order chi connectivity index (χ0) is 22.2. The Morgan fingerprint density at radius 3 is 2.41 bits per heavy atom. The number of imide groups is 1. The van der Waals surface area contributed by atoms with Crippen molar-refractivity contribution in [2.45, 2.75) is 6.42 Å². The van der Waals surface area contributed by atoms with E-state index in [2.05, 4.69) is 5.32 Å². The summed E-state index contributed by atoms with van der Waals surface area (Å²) in [7, 11) is 0. The third-order valence-electron chi connectivity index (χ3n) is 5.20. The highest BCUT2D eigenvalue weighted by molar-refractivity contribution is 6.34. The molecule has 2 heterocycles. The molecule has 0 aromatic heterocycles. The van der Waals surface area contributed by atoms with E-state index >= 15 is 0 Å². The number of nitrogens with one attached hydrogen (secondary N) is 1. The maximum absolute atomic E-state index is 12.7. The Hall–Kier alpha value is -3.84. The van der Waals surface area contributed by atoms with Gasteiger partial charge in [0, 0.05) is 5.69 Å². The van der Waals surface area contributed by atoms with Gasteiger partial charge in [0.15, 0.2) is 11.5 Å². The first-order chi connectivity index (χ1) is 15.5. The van der Waals surface area contributed by atoms with Crippen molar-refractivity contribution in [1.82, 2.24) is 0 Å². The molecule has 0 atom stereocenters. The van der Waals surface area contributed by atoms with Crippen molar-refractivity contribution < 1.29 is 23.9 Å². The molecule has 3 amide bonds. The molecule has 1 N–H and O–H groups in total. The van der Waals surface area contributed by atoms with Crippen LogP contribution in [0.3, 0.4) is 0 Å². The van der Waals surface area contributed by atoms with E-state index in [1.165, 1.54) is 0 Å². The van der Waals surface area contributed by atoms with Gasteiger partial charge in [-0.1, -0.05) is 29.8 Å². The Labute approximate surface area is 188 Å². The fourth-order valence-electron chi connectivity index (χ4n) is 3.80. The van der Waals surface area contributed by atoms with Crippen LogP contribution in [-0.2, 0) is 11.2 Å². The monoisotopic (exact) mass is 448 g/mol. The topological polar surface area (TPSA) is 84.9 Å². The third kappa shape index (κ3) is 3.56. The summed E-state index contributed by atoms with van der Waals surface area (Å²) in [5.74, 6) is -0.0628. The van der Waals surface area contributed by atoms with Crippen LogP contribution in [0.4, 0.5) is 11.4 Å². The Bertz CT molecular complexity index is 1240. The minimum absolute atomic E-state index is 0.0631. The van der Waals surface area contributed by atoms with Gasteiger partial charge in [-0.05, 0) is 48.0 Å². The zero-order valence-corrected chi connectivity index (χ0v) is 17.5. The van der Waals surface area contributed by atoms with Crippen LogP contribution < -0.4 is 19.7 Å². The lowest BCUT2D eigenvalue weighted by Gasteiger charge is -2.20. The Morgan fingerprint density at radius 2 is 1.66 bits per heavy atom. The third-order valence-corrected chi connectivity index (χ3v) is 5.48. The maximum Gasteiger partial charge on any atom is 0.266 e. The lowest BCUT2D eigenvalue weighted by atomic mass is 10.1. The number of amides is 3. The summed E-state index contributed by atoms with van der Waals surface area (Å²) in [6.07, 6.45) is 0.0631. The number of anilines is 2. The van der Waals surface area contributed by atoms with Crippen molar-refractivity contribution >= 4 is 40.7 Å².